The van der Waals surface area contributed by atoms with E-state index in [0.717, 1.165) is 55.2 Å². The van der Waals surface area contributed by atoms with Gasteiger partial charge in [-0.15, -0.1) is 11.3 Å². The highest BCUT2D eigenvalue weighted by Crippen LogP contribution is 2.33. The van der Waals surface area contributed by atoms with Crippen molar-refractivity contribution in [3.8, 4) is 11.5 Å². The van der Waals surface area contributed by atoms with Gasteiger partial charge < -0.3 is 20.5 Å². The second-order valence-electron chi connectivity index (χ2n) is 8.06. The molecule has 0 fully saturated rings. The second-order valence-corrected chi connectivity index (χ2v) is 8.97. The molecule has 0 saturated heterocycles. The number of methoxy groups -OCH3 is 2. The first-order valence-corrected chi connectivity index (χ1v) is 11.6. The molecule has 32 heavy (non-hydrogen) atoms. The molecule has 0 unspecified atom stereocenters. The fourth-order valence-corrected chi connectivity index (χ4v) is 4.92. The Balaban J connectivity index is 1.33. The van der Waals surface area contributed by atoms with E-state index in [9.17, 15) is 4.79 Å². The van der Waals surface area contributed by atoms with Crippen LogP contribution in [-0.2, 0) is 19.4 Å². The normalized spacial score (nSPS) is 13.5. The van der Waals surface area contributed by atoms with Crippen LogP contribution < -0.4 is 20.5 Å². The van der Waals surface area contributed by atoms with Crippen molar-refractivity contribution in [2.75, 3.05) is 38.4 Å². The number of ether oxygens (including phenoxy) is 2. The summed E-state index contributed by atoms with van der Waals surface area (Å²) in [5.74, 6) is 1.42. The first kappa shape index (κ1) is 22.2. The number of hydrogen-bond acceptors (Lipinski definition) is 6. The van der Waals surface area contributed by atoms with E-state index in [1.165, 1.54) is 28.0 Å². The van der Waals surface area contributed by atoms with E-state index in [-0.39, 0.29) is 5.91 Å². The zero-order chi connectivity index (χ0) is 22.7. The predicted molar refractivity (Wildman–Crippen MR) is 130 cm³/mol. The van der Waals surface area contributed by atoms with Crippen LogP contribution in [0, 0.1) is 6.92 Å². The number of nitrogens with zero attached hydrogens (tertiary/aromatic N) is 1. The van der Waals surface area contributed by atoms with Gasteiger partial charge in [0.05, 0.1) is 24.8 Å². The lowest BCUT2D eigenvalue weighted by molar-refractivity contribution is 0.102. The molecule has 1 aliphatic rings. The number of nitrogen functional groups attached to an aromatic ring is 1. The van der Waals surface area contributed by atoms with Crippen molar-refractivity contribution in [1.29, 1.82) is 0 Å². The minimum Gasteiger partial charge on any atom is -0.493 e. The van der Waals surface area contributed by atoms with Gasteiger partial charge in [-0.2, -0.15) is 0 Å². The summed E-state index contributed by atoms with van der Waals surface area (Å²) < 4.78 is 10.9. The van der Waals surface area contributed by atoms with E-state index in [0.29, 0.717) is 10.6 Å². The molecule has 1 aromatic heterocycles. The van der Waals surface area contributed by atoms with Gasteiger partial charge in [-0.3, -0.25) is 9.69 Å². The summed E-state index contributed by atoms with van der Waals surface area (Å²) in [5, 5.41) is 5.40. The summed E-state index contributed by atoms with van der Waals surface area (Å²) in [6.07, 6.45) is 1.96. The Kier molecular flexibility index (Phi) is 6.67. The van der Waals surface area contributed by atoms with Crippen molar-refractivity contribution in [3.05, 3.63) is 69.6 Å². The fraction of sp³-hybridized carbons (Fsp3) is 0.320. The van der Waals surface area contributed by atoms with Gasteiger partial charge >= 0.3 is 0 Å². The molecule has 3 N–H and O–H groups in total. The molecule has 0 aliphatic carbocycles. The third-order valence-corrected chi connectivity index (χ3v) is 6.89. The SMILES string of the molecule is COc1cc2c(cc1OC)CN(CCc1ccc(NC(=O)c3c(C)csc3N)cc1)CC2. The van der Waals surface area contributed by atoms with Crippen LogP contribution in [0.1, 0.15) is 32.6 Å². The van der Waals surface area contributed by atoms with E-state index in [4.69, 9.17) is 15.2 Å². The fourth-order valence-electron chi connectivity index (χ4n) is 4.12. The van der Waals surface area contributed by atoms with Crippen LogP contribution >= 0.6 is 11.3 Å². The number of amides is 1. The van der Waals surface area contributed by atoms with Gasteiger partial charge in [0.15, 0.2) is 11.5 Å². The summed E-state index contributed by atoms with van der Waals surface area (Å²) in [6.45, 7) is 4.81. The van der Waals surface area contributed by atoms with Gasteiger partial charge in [0.1, 0.15) is 0 Å². The molecule has 1 aliphatic heterocycles. The number of fused-ring (bicyclic) bond motifs is 1. The Morgan fingerprint density at radius 2 is 1.81 bits per heavy atom. The molecule has 2 heterocycles. The molecule has 7 heteroatoms. The number of anilines is 2. The first-order chi connectivity index (χ1) is 15.5. The summed E-state index contributed by atoms with van der Waals surface area (Å²) >= 11 is 1.39. The molecule has 3 aromatic rings. The molecule has 1 amide bonds. The van der Waals surface area contributed by atoms with E-state index in [1.54, 1.807) is 14.2 Å². The van der Waals surface area contributed by atoms with E-state index in [1.807, 2.05) is 24.4 Å². The van der Waals surface area contributed by atoms with E-state index < -0.39 is 0 Å². The summed E-state index contributed by atoms with van der Waals surface area (Å²) in [5.41, 5.74) is 12.1. The zero-order valence-electron chi connectivity index (χ0n) is 18.7. The van der Waals surface area contributed by atoms with Crippen molar-refractivity contribution in [1.82, 2.24) is 4.90 Å². The molecule has 0 radical (unpaired) electrons. The average Bonchev–Trinajstić information content (AvgIpc) is 3.15. The molecular formula is C25H29N3O3S. The van der Waals surface area contributed by atoms with Gasteiger partial charge in [-0.25, -0.2) is 0 Å². The maximum absolute atomic E-state index is 12.5. The Morgan fingerprint density at radius 1 is 1.12 bits per heavy atom. The Morgan fingerprint density at radius 3 is 2.44 bits per heavy atom. The smallest absolute Gasteiger partial charge is 0.258 e. The zero-order valence-corrected chi connectivity index (χ0v) is 19.6. The molecule has 0 atom stereocenters. The van der Waals surface area contributed by atoms with Crippen molar-refractivity contribution in [3.63, 3.8) is 0 Å². The molecule has 6 nitrogen and oxygen atoms in total. The Bertz CT molecular complexity index is 1090. The highest BCUT2D eigenvalue weighted by Gasteiger charge is 2.19. The van der Waals surface area contributed by atoms with Gasteiger partial charge in [0.2, 0.25) is 0 Å². The monoisotopic (exact) mass is 451 g/mol. The maximum atomic E-state index is 12.5. The summed E-state index contributed by atoms with van der Waals surface area (Å²) in [6, 6.07) is 12.3. The first-order valence-electron chi connectivity index (χ1n) is 10.7. The van der Waals surface area contributed by atoms with Gasteiger partial charge in [0, 0.05) is 25.3 Å². The van der Waals surface area contributed by atoms with Gasteiger partial charge in [-0.1, -0.05) is 12.1 Å². The van der Waals surface area contributed by atoms with Crippen LogP contribution in [0.2, 0.25) is 0 Å². The topological polar surface area (TPSA) is 76.8 Å². The highest BCUT2D eigenvalue weighted by molar-refractivity contribution is 7.14. The number of rotatable bonds is 7. The van der Waals surface area contributed by atoms with Crippen molar-refractivity contribution in [2.24, 2.45) is 0 Å². The Labute approximate surface area is 193 Å². The van der Waals surface area contributed by atoms with Crippen LogP contribution in [0.5, 0.6) is 11.5 Å². The predicted octanol–water partition coefficient (Wildman–Crippen LogP) is 4.51. The number of nitrogens with one attached hydrogen (secondary N) is 1. The average molecular weight is 452 g/mol. The molecule has 4 rings (SSSR count). The van der Waals surface area contributed by atoms with Crippen LogP contribution in [0.25, 0.3) is 0 Å². The highest BCUT2D eigenvalue weighted by atomic mass is 32.1. The number of benzene rings is 2. The minimum absolute atomic E-state index is 0.159. The van der Waals surface area contributed by atoms with Crippen LogP contribution in [0.15, 0.2) is 41.8 Å². The van der Waals surface area contributed by atoms with E-state index in [2.05, 4.69) is 34.5 Å². The minimum atomic E-state index is -0.159. The van der Waals surface area contributed by atoms with Crippen LogP contribution in [0.4, 0.5) is 10.7 Å². The van der Waals surface area contributed by atoms with Crippen LogP contribution in [-0.4, -0.2) is 38.1 Å². The molecule has 0 bridgehead atoms. The number of carbonyl (C=O) groups is 1. The summed E-state index contributed by atoms with van der Waals surface area (Å²) in [7, 11) is 3.35. The number of thiophene rings is 1. The van der Waals surface area contributed by atoms with Crippen LogP contribution in [0.3, 0.4) is 0 Å². The largest absolute Gasteiger partial charge is 0.493 e. The molecule has 0 spiro atoms. The molecule has 0 saturated carbocycles. The van der Waals surface area contributed by atoms with E-state index >= 15 is 0 Å². The molecule has 168 valence electrons. The lowest BCUT2D eigenvalue weighted by Crippen LogP contribution is -2.32. The number of carbonyl (C=O) groups excluding carboxylic acids is 1. The quantitative estimate of drug-likeness (QED) is 0.553. The van der Waals surface area contributed by atoms with Gasteiger partial charge in [-0.05, 0) is 71.7 Å². The number of nitrogens with two attached hydrogens (primary N) is 1. The second kappa shape index (κ2) is 9.63. The summed E-state index contributed by atoms with van der Waals surface area (Å²) in [4.78, 5) is 15.0. The van der Waals surface area contributed by atoms with Gasteiger partial charge in [0.25, 0.3) is 5.91 Å². The third-order valence-electron chi connectivity index (χ3n) is 5.96. The Hall–Kier alpha value is -3.03. The van der Waals surface area contributed by atoms with Crippen molar-refractivity contribution >= 4 is 27.9 Å². The lowest BCUT2D eigenvalue weighted by atomic mass is 9.98. The molecular weight excluding hydrogens is 422 g/mol. The third kappa shape index (κ3) is 4.74. The number of hydrogen-bond donors (Lipinski definition) is 2. The van der Waals surface area contributed by atoms with Crippen molar-refractivity contribution in [2.45, 2.75) is 26.3 Å². The van der Waals surface area contributed by atoms with Crippen molar-refractivity contribution < 1.29 is 14.3 Å². The standard InChI is InChI=1S/C25H29N3O3S/c1-16-15-32-24(26)23(16)25(29)27-20-6-4-17(5-7-20)8-10-28-11-9-18-12-21(30-2)22(31-3)13-19(18)14-28/h4-7,12-13,15H,8-11,14,26H2,1-3H3,(H,27,29). The number of aryl methyl sites for hydroxylation is 1. The molecule has 2 aromatic carbocycles. The lowest BCUT2D eigenvalue weighted by Gasteiger charge is -2.29. The maximum Gasteiger partial charge on any atom is 0.258 e.